The van der Waals surface area contributed by atoms with E-state index in [-0.39, 0.29) is 5.78 Å². The average Bonchev–Trinajstić information content (AvgIpc) is 3.09. The zero-order chi connectivity index (χ0) is 17.5. The minimum atomic E-state index is 0.104. The number of hydrogen-bond acceptors (Lipinski definition) is 3. The fourth-order valence-electron chi connectivity index (χ4n) is 3.41. The number of methoxy groups -OCH3 is 1. The van der Waals surface area contributed by atoms with E-state index in [9.17, 15) is 4.79 Å². The molecule has 0 radical (unpaired) electrons. The molecule has 0 bridgehead atoms. The summed E-state index contributed by atoms with van der Waals surface area (Å²) in [7, 11) is 1.74. The molecule has 3 rings (SSSR count). The minimum absolute atomic E-state index is 0.104. The number of ketones is 1. The Bertz CT molecular complexity index is 709. The molecule has 0 saturated carbocycles. The van der Waals surface area contributed by atoms with Gasteiger partial charge in [0.1, 0.15) is 0 Å². The third-order valence-electron chi connectivity index (χ3n) is 4.70. The maximum absolute atomic E-state index is 13.1. The van der Waals surface area contributed by atoms with Gasteiger partial charge in [-0.25, -0.2) is 0 Å². The lowest BCUT2D eigenvalue weighted by molar-refractivity contribution is 0.0994. The second-order valence-corrected chi connectivity index (χ2v) is 6.50. The van der Waals surface area contributed by atoms with Gasteiger partial charge in [-0.05, 0) is 31.0 Å². The monoisotopic (exact) mass is 335 g/mol. The van der Waals surface area contributed by atoms with Crippen LogP contribution >= 0.6 is 0 Å². The van der Waals surface area contributed by atoms with E-state index in [2.05, 4.69) is 4.90 Å². The third kappa shape index (κ3) is 4.65. The summed E-state index contributed by atoms with van der Waals surface area (Å²) in [6.07, 6.45) is 4.32. The average molecular weight is 335 g/mol. The topological polar surface area (TPSA) is 29.5 Å². The van der Waals surface area contributed by atoms with E-state index in [0.717, 1.165) is 42.7 Å². The Morgan fingerprint density at radius 2 is 1.80 bits per heavy atom. The molecule has 0 N–H and O–H groups in total. The van der Waals surface area contributed by atoms with Crippen molar-refractivity contribution in [2.24, 2.45) is 0 Å². The maximum Gasteiger partial charge on any atom is 0.190 e. The number of nitrogens with zero attached hydrogens (tertiary/aromatic N) is 1. The molecule has 3 heteroatoms. The van der Waals surface area contributed by atoms with E-state index in [1.807, 2.05) is 66.7 Å². The van der Waals surface area contributed by atoms with Gasteiger partial charge in [-0.2, -0.15) is 0 Å². The molecule has 2 aromatic carbocycles. The molecule has 130 valence electrons. The first kappa shape index (κ1) is 17.6. The summed E-state index contributed by atoms with van der Waals surface area (Å²) < 4.78 is 5.35. The van der Waals surface area contributed by atoms with Gasteiger partial charge < -0.3 is 4.74 Å². The molecule has 0 aliphatic carbocycles. The van der Waals surface area contributed by atoms with Gasteiger partial charge in [-0.3, -0.25) is 9.69 Å². The molecule has 1 heterocycles. The third-order valence-corrected chi connectivity index (χ3v) is 4.70. The standard InChI is InChI=1S/C22H25NO2/c1-25-17-21-13-8-14-23(21)16-20(15-18-9-4-2-5-10-18)22(24)19-11-6-3-7-12-19/h2-7,9-12,15,21H,8,13-14,16-17H2,1H3/b20-15+/t21-/m0/s1. The molecule has 3 nitrogen and oxygen atoms in total. The molecule has 25 heavy (non-hydrogen) atoms. The van der Waals surface area contributed by atoms with Crippen LogP contribution in [0.1, 0.15) is 28.8 Å². The minimum Gasteiger partial charge on any atom is -0.383 e. The van der Waals surface area contributed by atoms with E-state index in [1.165, 1.54) is 0 Å². The Hall–Kier alpha value is -2.23. The SMILES string of the molecule is COC[C@@H]1CCCN1C/C(=C\c1ccccc1)C(=O)c1ccccc1. The lowest BCUT2D eigenvalue weighted by Crippen LogP contribution is -2.35. The lowest BCUT2D eigenvalue weighted by Gasteiger charge is -2.24. The Labute approximate surface area is 149 Å². The Balaban J connectivity index is 1.87. The van der Waals surface area contributed by atoms with Crippen molar-refractivity contribution < 1.29 is 9.53 Å². The molecule has 1 saturated heterocycles. The second-order valence-electron chi connectivity index (χ2n) is 6.50. The highest BCUT2D eigenvalue weighted by Gasteiger charge is 2.26. The predicted molar refractivity (Wildman–Crippen MR) is 102 cm³/mol. The molecule has 1 aliphatic rings. The maximum atomic E-state index is 13.1. The van der Waals surface area contributed by atoms with Gasteiger partial charge in [0, 0.05) is 30.8 Å². The molecule has 0 amide bonds. The first-order chi connectivity index (χ1) is 12.3. The fourth-order valence-corrected chi connectivity index (χ4v) is 3.41. The molecule has 1 atom stereocenters. The zero-order valence-electron chi connectivity index (χ0n) is 14.7. The molecule has 2 aromatic rings. The van der Waals surface area contributed by atoms with Crippen LogP contribution in [-0.4, -0.2) is 43.5 Å². The molecule has 0 unspecified atom stereocenters. The van der Waals surface area contributed by atoms with Gasteiger partial charge >= 0.3 is 0 Å². The van der Waals surface area contributed by atoms with Gasteiger partial charge in [-0.15, -0.1) is 0 Å². The Kier molecular flexibility index (Phi) is 6.15. The lowest BCUT2D eigenvalue weighted by atomic mass is 10.00. The number of likely N-dealkylation sites (tertiary alicyclic amines) is 1. The quantitative estimate of drug-likeness (QED) is 0.564. The molecular weight excluding hydrogens is 310 g/mol. The van der Waals surface area contributed by atoms with Crippen LogP contribution in [0.4, 0.5) is 0 Å². The van der Waals surface area contributed by atoms with E-state index >= 15 is 0 Å². The normalized spacial score (nSPS) is 18.4. The summed E-state index contributed by atoms with van der Waals surface area (Å²) in [6.45, 7) is 2.40. The van der Waals surface area contributed by atoms with Crippen molar-refractivity contribution in [3.05, 3.63) is 77.4 Å². The highest BCUT2D eigenvalue weighted by Crippen LogP contribution is 2.22. The first-order valence-electron chi connectivity index (χ1n) is 8.86. The summed E-state index contributed by atoms with van der Waals surface area (Å²) in [4.78, 5) is 15.4. The largest absolute Gasteiger partial charge is 0.383 e. The molecule has 0 aromatic heterocycles. The smallest absolute Gasteiger partial charge is 0.190 e. The summed E-state index contributed by atoms with van der Waals surface area (Å²) in [5.74, 6) is 0.104. The zero-order valence-corrected chi connectivity index (χ0v) is 14.7. The van der Waals surface area contributed by atoms with Crippen LogP contribution < -0.4 is 0 Å². The van der Waals surface area contributed by atoms with Crippen LogP contribution in [0.15, 0.2) is 66.2 Å². The van der Waals surface area contributed by atoms with E-state index in [0.29, 0.717) is 12.6 Å². The number of Topliss-reactive ketones (excluding diaryl/α,β-unsaturated/α-hetero) is 1. The fraction of sp³-hybridized carbons (Fsp3) is 0.318. The number of ether oxygens (including phenoxy) is 1. The highest BCUT2D eigenvalue weighted by atomic mass is 16.5. The van der Waals surface area contributed by atoms with Gasteiger partial charge in [0.25, 0.3) is 0 Å². The molecule has 0 spiro atoms. The number of rotatable bonds is 7. The van der Waals surface area contributed by atoms with Crippen molar-refractivity contribution in [3.63, 3.8) is 0 Å². The van der Waals surface area contributed by atoms with Crippen LogP contribution in [0.2, 0.25) is 0 Å². The van der Waals surface area contributed by atoms with Crippen molar-refractivity contribution in [1.29, 1.82) is 0 Å². The summed E-state index contributed by atoms with van der Waals surface area (Å²) in [5, 5.41) is 0. The summed E-state index contributed by atoms with van der Waals surface area (Å²) in [6, 6.07) is 20.0. The Morgan fingerprint density at radius 3 is 2.48 bits per heavy atom. The number of benzene rings is 2. The molecule has 1 fully saturated rings. The van der Waals surface area contributed by atoms with Crippen LogP contribution in [0, 0.1) is 0 Å². The number of carbonyl (C=O) groups is 1. The van der Waals surface area contributed by atoms with Crippen LogP contribution in [0.3, 0.4) is 0 Å². The number of carbonyl (C=O) groups excluding carboxylic acids is 1. The van der Waals surface area contributed by atoms with Gasteiger partial charge in [0.15, 0.2) is 5.78 Å². The van der Waals surface area contributed by atoms with Gasteiger partial charge in [0.05, 0.1) is 6.61 Å². The predicted octanol–water partition coefficient (Wildman–Crippen LogP) is 4.06. The van der Waals surface area contributed by atoms with Crippen LogP contribution in [-0.2, 0) is 4.74 Å². The van der Waals surface area contributed by atoms with Crippen molar-refractivity contribution >= 4 is 11.9 Å². The molecular formula is C22H25NO2. The Morgan fingerprint density at radius 1 is 1.12 bits per heavy atom. The van der Waals surface area contributed by atoms with Gasteiger partial charge in [-0.1, -0.05) is 60.7 Å². The summed E-state index contributed by atoms with van der Waals surface area (Å²) >= 11 is 0. The van der Waals surface area contributed by atoms with Crippen molar-refractivity contribution in [2.45, 2.75) is 18.9 Å². The molecule has 1 aliphatic heterocycles. The van der Waals surface area contributed by atoms with E-state index < -0.39 is 0 Å². The first-order valence-corrected chi connectivity index (χ1v) is 8.86. The number of hydrogen-bond donors (Lipinski definition) is 0. The van der Waals surface area contributed by atoms with E-state index in [1.54, 1.807) is 7.11 Å². The van der Waals surface area contributed by atoms with Crippen LogP contribution in [0.5, 0.6) is 0 Å². The highest BCUT2D eigenvalue weighted by molar-refractivity contribution is 6.11. The van der Waals surface area contributed by atoms with Crippen molar-refractivity contribution in [1.82, 2.24) is 4.90 Å². The van der Waals surface area contributed by atoms with E-state index in [4.69, 9.17) is 4.74 Å². The van der Waals surface area contributed by atoms with Crippen molar-refractivity contribution in [3.8, 4) is 0 Å². The van der Waals surface area contributed by atoms with Gasteiger partial charge in [0.2, 0.25) is 0 Å². The summed E-state index contributed by atoms with van der Waals surface area (Å²) in [5.41, 5.74) is 2.64. The van der Waals surface area contributed by atoms with Crippen molar-refractivity contribution in [2.75, 3.05) is 26.8 Å². The van der Waals surface area contributed by atoms with Crippen LogP contribution in [0.25, 0.3) is 6.08 Å². The second kappa shape index (κ2) is 8.75.